The summed E-state index contributed by atoms with van der Waals surface area (Å²) in [5, 5.41) is 0. The Morgan fingerprint density at radius 3 is 2.87 bits per heavy atom. The maximum absolute atomic E-state index is 12.0. The van der Waals surface area contributed by atoms with Gasteiger partial charge < -0.3 is 15.4 Å². The first-order chi connectivity index (χ1) is 7.10. The Morgan fingerprint density at radius 2 is 2.33 bits per heavy atom. The van der Waals surface area contributed by atoms with Crippen molar-refractivity contribution >= 4 is 5.91 Å². The summed E-state index contributed by atoms with van der Waals surface area (Å²) in [5.41, 5.74) is 5.75. The van der Waals surface area contributed by atoms with Crippen LogP contribution in [0.4, 0.5) is 0 Å². The fourth-order valence-electron chi connectivity index (χ4n) is 2.27. The monoisotopic (exact) mass is 214 g/mol. The van der Waals surface area contributed by atoms with E-state index in [9.17, 15) is 4.79 Å². The number of carbonyl (C=O) groups is 1. The molecule has 1 amide bonds. The molecule has 88 valence electrons. The Bertz CT molecular complexity index is 221. The van der Waals surface area contributed by atoms with Gasteiger partial charge in [0.2, 0.25) is 5.91 Å². The highest BCUT2D eigenvalue weighted by Crippen LogP contribution is 2.25. The van der Waals surface area contributed by atoms with E-state index in [1.807, 2.05) is 4.90 Å². The molecule has 0 aromatic rings. The van der Waals surface area contributed by atoms with Crippen LogP contribution in [-0.4, -0.2) is 43.2 Å². The lowest BCUT2D eigenvalue weighted by molar-refractivity contribution is -0.134. The molecule has 0 aliphatic carbocycles. The molecule has 0 aromatic carbocycles. The van der Waals surface area contributed by atoms with Crippen LogP contribution in [0.2, 0.25) is 0 Å². The number of nitrogens with zero attached hydrogens (tertiary/aromatic N) is 1. The molecule has 4 nitrogen and oxygen atoms in total. The third kappa shape index (κ3) is 2.92. The summed E-state index contributed by atoms with van der Waals surface area (Å²) < 4.78 is 4.91. The summed E-state index contributed by atoms with van der Waals surface area (Å²) in [4.78, 5) is 13.9. The van der Waals surface area contributed by atoms with E-state index in [0.29, 0.717) is 18.6 Å². The van der Waals surface area contributed by atoms with Crippen LogP contribution in [0.15, 0.2) is 0 Å². The SMILES string of the molecule is CCC1CC(C)CN1C(=O)C(N)COC. The highest BCUT2D eigenvalue weighted by atomic mass is 16.5. The number of carbonyl (C=O) groups excluding carboxylic acids is 1. The van der Waals surface area contributed by atoms with E-state index in [1.165, 1.54) is 0 Å². The highest BCUT2D eigenvalue weighted by Gasteiger charge is 2.33. The van der Waals surface area contributed by atoms with Crippen molar-refractivity contribution in [3.05, 3.63) is 0 Å². The van der Waals surface area contributed by atoms with Gasteiger partial charge in [-0.2, -0.15) is 0 Å². The Balaban J connectivity index is 2.58. The van der Waals surface area contributed by atoms with Crippen molar-refractivity contribution in [2.24, 2.45) is 11.7 Å². The van der Waals surface area contributed by atoms with Gasteiger partial charge in [-0.1, -0.05) is 13.8 Å². The zero-order valence-corrected chi connectivity index (χ0v) is 9.90. The second-order valence-corrected chi connectivity index (χ2v) is 4.46. The van der Waals surface area contributed by atoms with Gasteiger partial charge in [-0.15, -0.1) is 0 Å². The van der Waals surface area contributed by atoms with Crippen LogP contribution in [0.1, 0.15) is 26.7 Å². The first kappa shape index (κ1) is 12.5. The van der Waals surface area contributed by atoms with E-state index in [0.717, 1.165) is 19.4 Å². The molecule has 4 heteroatoms. The molecule has 3 unspecified atom stereocenters. The molecule has 1 rings (SSSR count). The van der Waals surface area contributed by atoms with Crippen molar-refractivity contribution in [2.45, 2.75) is 38.8 Å². The smallest absolute Gasteiger partial charge is 0.242 e. The van der Waals surface area contributed by atoms with Crippen LogP contribution in [-0.2, 0) is 9.53 Å². The average molecular weight is 214 g/mol. The number of methoxy groups -OCH3 is 1. The van der Waals surface area contributed by atoms with Gasteiger partial charge in [0, 0.05) is 19.7 Å². The fourth-order valence-corrected chi connectivity index (χ4v) is 2.27. The lowest BCUT2D eigenvalue weighted by atomic mass is 10.1. The molecule has 0 saturated carbocycles. The third-order valence-corrected chi connectivity index (χ3v) is 3.04. The Labute approximate surface area is 91.8 Å². The molecule has 1 aliphatic rings. The van der Waals surface area contributed by atoms with Gasteiger partial charge in [0.15, 0.2) is 0 Å². The topological polar surface area (TPSA) is 55.6 Å². The van der Waals surface area contributed by atoms with E-state index < -0.39 is 6.04 Å². The molecule has 2 N–H and O–H groups in total. The summed E-state index contributed by atoms with van der Waals surface area (Å²) in [6.07, 6.45) is 2.11. The van der Waals surface area contributed by atoms with Gasteiger partial charge in [0.25, 0.3) is 0 Å². The first-order valence-electron chi connectivity index (χ1n) is 5.65. The molecular weight excluding hydrogens is 192 g/mol. The maximum Gasteiger partial charge on any atom is 0.242 e. The molecule has 0 bridgehead atoms. The zero-order valence-electron chi connectivity index (χ0n) is 9.90. The molecule has 0 spiro atoms. The van der Waals surface area contributed by atoms with Crippen molar-refractivity contribution in [2.75, 3.05) is 20.3 Å². The number of amides is 1. The van der Waals surface area contributed by atoms with Crippen LogP contribution in [0, 0.1) is 5.92 Å². The van der Waals surface area contributed by atoms with Gasteiger partial charge in [-0.3, -0.25) is 4.79 Å². The molecule has 15 heavy (non-hydrogen) atoms. The number of rotatable bonds is 4. The zero-order chi connectivity index (χ0) is 11.4. The highest BCUT2D eigenvalue weighted by molar-refractivity contribution is 5.82. The van der Waals surface area contributed by atoms with E-state index >= 15 is 0 Å². The number of ether oxygens (including phenoxy) is 1. The number of hydrogen-bond acceptors (Lipinski definition) is 3. The van der Waals surface area contributed by atoms with Gasteiger partial charge >= 0.3 is 0 Å². The largest absolute Gasteiger partial charge is 0.383 e. The molecule has 1 fully saturated rings. The van der Waals surface area contributed by atoms with Gasteiger partial charge in [0.1, 0.15) is 6.04 Å². The summed E-state index contributed by atoms with van der Waals surface area (Å²) in [6, 6.07) is -0.134. The van der Waals surface area contributed by atoms with Gasteiger partial charge in [0.05, 0.1) is 6.61 Å². The molecule has 0 radical (unpaired) electrons. The summed E-state index contributed by atoms with van der Waals surface area (Å²) in [7, 11) is 1.57. The average Bonchev–Trinajstić information content (AvgIpc) is 2.58. The molecule has 1 aliphatic heterocycles. The summed E-state index contributed by atoms with van der Waals surface area (Å²) in [5.74, 6) is 0.627. The van der Waals surface area contributed by atoms with Gasteiger partial charge in [-0.05, 0) is 18.8 Å². The minimum Gasteiger partial charge on any atom is -0.383 e. The fraction of sp³-hybridized carbons (Fsp3) is 0.909. The maximum atomic E-state index is 12.0. The van der Waals surface area contributed by atoms with Crippen LogP contribution in [0.25, 0.3) is 0 Å². The Kier molecular flexibility index (Phi) is 4.54. The number of nitrogens with two attached hydrogens (primary N) is 1. The van der Waals surface area contributed by atoms with Crippen LogP contribution >= 0.6 is 0 Å². The van der Waals surface area contributed by atoms with E-state index in [-0.39, 0.29) is 5.91 Å². The molecule has 1 heterocycles. The Hall–Kier alpha value is -0.610. The second-order valence-electron chi connectivity index (χ2n) is 4.46. The summed E-state index contributed by atoms with van der Waals surface area (Å²) >= 11 is 0. The molecular formula is C11H22N2O2. The van der Waals surface area contributed by atoms with Crippen LogP contribution in [0.5, 0.6) is 0 Å². The number of hydrogen-bond donors (Lipinski definition) is 1. The number of likely N-dealkylation sites (tertiary alicyclic amines) is 1. The van der Waals surface area contributed by atoms with Crippen molar-refractivity contribution < 1.29 is 9.53 Å². The van der Waals surface area contributed by atoms with E-state index in [4.69, 9.17) is 10.5 Å². The first-order valence-corrected chi connectivity index (χ1v) is 5.65. The van der Waals surface area contributed by atoms with Gasteiger partial charge in [-0.25, -0.2) is 0 Å². The lowest BCUT2D eigenvalue weighted by Gasteiger charge is -2.26. The van der Waals surface area contributed by atoms with E-state index in [1.54, 1.807) is 7.11 Å². The lowest BCUT2D eigenvalue weighted by Crippen LogP contribution is -2.48. The minimum absolute atomic E-state index is 0.0352. The second kappa shape index (κ2) is 5.47. The molecule has 1 saturated heterocycles. The predicted molar refractivity (Wildman–Crippen MR) is 59.4 cm³/mol. The van der Waals surface area contributed by atoms with Crippen molar-refractivity contribution in [3.63, 3.8) is 0 Å². The Morgan fingerprint density at radius 1 is 1.67 bits per heavy atom. The molecule has 0 aromatic heterocycles. The summed E-state index contributed by atoms with van der Waals surface area (Å²) in [6.45, 7) is 5.44. The van der Waals surface area contributed by atoms with Crippen molar-refractivity contribution in [1.82, 2.24) is 4.90 Å². The van der Waals surface area contributed by atoms with Crippen molar-refractivity contribution in [3.8, 4) is 0 Å². The van der Waals surface area contributed by atoms with Crippen LogP contribution < -0.4 is 5.73 Å². The standard InChI is InChI=1S/C11H22N2O2/c1-4-9-5-8(2)6-13(9)11(14)10(12)7-15-3/h8-10H,4-7,12H2,1-3H3. The normalized spacial score (nSPS) is 28.1. The third-order valence-electron chi connectivity index (χ3n) is 3.04. The molecule has 3 atom stereocenters. The quantitative estimate of drug-likeness (QED) is 0.746. The predicted octanol–water partition coefficient (Wildman–Crippen LogP) is 0.607. The van der Waals surface area contributed by atoms with Crippen LogP contribution in [0.3, 0.4) is 0 Å². The minimum atomic E-state index is -0.505. The van der Waals surface area contributed by atoms with E-state index in [2.05, 4.69) is 13.8 Å². The van der Waals surface area contributed by atoms with Crippen molar-refractivity contribution in [1.29, 1.82) is 0 Å².